The summed E-state index contributed by atoms with van der Waals surface area (Å²) in [7, 11) is -3.97. The van der Waals surface area contributed by atoms with Gasteiger partial charge in [-0.25, -0.2) is 17.2 Å². The normalized spacial score (nSPS) is 11.3. The van der Waals surface area contributed by atoms with Crippen molar-refractivity contribution < 1.29 is 22.0 Å². The van der Waals surface area contributed by atoms with E-state index >= 15 is 0 Å². The zero-order valence-electron chi connectivity index (χ0n) is 11.7. The van der Waals surface area contributed by atoms with Crippen LogP contribution in [0.15, 0.2) is 42.5 Å². The van der Waals surface area contributed by atoms with E-state index in [0.717, 1.165) is 12.1 Å². The molecule has 122 valence electrons. The minimum Gasteiger partial charge on any atom is -0.323 e. The Kier molecular flexibility index (Phi) is 5.33. The fourth-order valence-corrected chi connectivity index (χ4v) is 3.51. The number of carbonyl (C=O) groups is 1. The van der Waals surface area contributed by atoms with Gasteiger partial charge in [-0.15, -0.1) is 0 Å². The van der Waals surface area contributed by atoms with E-state index in [4.69, 9.17) is 11.6 Å². The topological polar surface area (TPSA) is 63.2 Å². The van der Waals surface area contributed by atoms with Gasteiger partial charge in [-0.05, 0) is 24.3 Å². The minimum absolute atomic E-state index is 0.0388. The number of halogens is 3. The van der Waals surface area contributed by atoms with E-state index in [0.29, 0.717) is 0 Å². The molecule has 0 aliphatic carbocycles. The number of sulfone groups is 1. The number of hydrogen-bond donors (Lipinski definition) is 1. The number of amides is 1. The van der Waals surface area contributed by atoms with Crippen LogP contribution >= 0.6 is 11.6 Å². The van der Waals surface area contributed by atoms with E-state index in [1.807, 2.05) is 0 Å². The zero-order chi connectivity index (χ0) is 17.0. The molecule has 0 aliphatic heterocycles. The van der Waals surface area contributed by atoms with Gasteiger partial charge >= 0.3 is 0 Å². The van der Waals surface area contributed by atoms with Crippen LogP contribution in [0, 0.1) is 11.6 Å². The second-order valence-corrected chi connectivity index (χ2v) is 7.23. The highest BCUT2D eigenvalue weighted by molar-refractivity contribution is 7.91. The first-order valence-corrected chi connectivity index (χ1v) is 8.66. The maximum Gasteiger partial charge on any atom is 0.239 e. The molecule has 1 N–H and O–H groups in total. The molecule has 4 nitrogen and oxygen atoms in total. The van der Waals surface area contributed by atoms with Crippen LogP contribution in [-0.2, 0) is 20.4 Å². The van der Waals surface area contributed by atoms with Crippen molar-refractivity contribution in [2.45, 2.75) is 5.75 Å². The molecule has 0 radical (unpaired) electrons. The molecule has 0 aliphatic rings. The highest BCUT2D eigenvalue weighted by atomic mass is 35.5. The Morgan fingerprint density at radius 2 is 1.70 bits per heavy atom. The average Bonchev–Trinajstić information content (AvgIpc) is 2.45. The van der Waals surface area contributed by atoms with E-state index in [9.17, 15) is 22.0 Å². The van der Waals surface area contributed by atoms with Gasteiger partial charge in [0.25, 0.3) is 0 Å². The lowest BCUT2D eigenvalue weighted by atomic mass is 10.2. The molecular formula is C15H12ClF2NO3S. The van der Waals surface area contributed by atoms with Crippen molar-refractivity contribution >= 4 is 33.0 Å². The van der Waals surface area contributed by atoms with Crippen LogP contribution in [-0.4, -0.2) is 20.1 Å². The molecule has 0 heterocycles. The number of anilines is 1. The van der Waals surface area contributed by atoms with Gasteiger partial charge in [-0.2, -0.15) is 0 Å². The fourth-order valence-electron chi connectivity index (χ4n) is 1.89. The highest BCUT2D eigenvalue weighted by Crippen LogP contribution is 2.22. The van der Waals surface area contributed by atoms with Gasteiger partial charge in [0.1, 0.15) is 17.4 Å². The lowest BCUT2D eigenvalue weighted by Gasteiger charge is -2.09. The van der Waals surface area contributed by atoms with Crippen LogP contribution in [0.5, 0.6) is 0 Å². The first-order chi connectivity index (χ1) is 10.8. The summed E-state index contributed by atoms with van der Waals surface area (Å²) < 4.78 is 51.0. The quantitative estimate of drug-likeness (QED) is 0.891. The van der Waals surface area contributed by atoms with Crippen molar-refractivity contribution in [2.24, 2.45) is 0 Å². The highest BCUT2D eigenvalue weighted by Gasteiger charge is 2.21. The van der Waals surface area contributed by atoms with Crippen molar-refractivity contribution in [3.05, 3.63) is 64.7 Å². The van der Waals surface area contributed by atoms with Crippen LogP contribution in [0.1, 0.15) is 5.56 Å². The third-order valence-corrected chi connectivity index (χ3v) is 4.71. The number of benzene rings is 2. The Morgan fingerprint density at radius 1 is 1.04 bits per heavy atom. The van der Waals surface area contributed by atoms with Gasteiger partial charge in [0, 0.05) is 10.6 Å². The number of nitrogens with one attached hydrogen (secondary N) is 1. The summed E-state index contributed by atoms with van der Waals surface area (Å²) >= 11 is 5.77. The van der Waals surface area contributed by atoms with E-state index < -0.39 is 38.9 Å². The molecule has 2 rings (SSSR count). The van der Waals surface area contributed by atoms with Crippen LogP contribution < -0.4 is 5.32 Å². The van der Waals surface area contributed by atoms with Crippen LogP contribution in [0.25, 0.3) is 0 Å². The molecule has 23 heavy (non-hydrogen) atoms. The summed E-state index contributed by atoms with van der Waals surface area (Å²) in [5, 5.41) is 2.12. The maximum absolute atomic E-state index is 13.6. The number of hydrogen-bond acceptors (Lipinski definition) is 3. The van der Waals surface area contributed by atoms with E-state index in [1.54, 1.807) is 0 Å². The molecule has 0 atom stereocenters. The summed E-state index contributed by atoms with van der Waals surface area (Å²) in [5.41, 5.74) is -0.329. The largest absolute Gasteiger partial charge is 0.323 e. The third-order valence-electron chi connectivity index (χ3n) is 2.92. The Labute approximate surface area is 137 Å². The number of para-hydroxylation sites is 1. The average molecular weight is 360 g/mol. The fraction of sp³-hybridized carbons (Fsp3) is 0.133. The molecule has 2 aromatic carbocycles. The first-order valence-electron chi connectivity index (χ1n) is 6.46. The van der Waals surface area contributed by atoms with E-state index in [-0.39, 0.29) is 16.3 Å². The summed E-state index contributed by atoms with van der Waals surface area (Å²) in [6.07, 6.45) is 0. The van der Waals surface area contributed by atoms with E-state index in [1.165, 1.54) is 30.3 Å². The molecule has 0 unspecified atom stereocenters. The van der Waals surface area contributed by atoms with E-state index in [2.05, 4.69) is 5.32 Å². The second-order valence-electron chi connectivity index (χ2n) is 4.76. The second kappa shape index (κ2) is 7.06. The summed E-state index contributed by atoms with van der Waals surface area (Å²) in [5.74, 6) is -4.00. The minimum atomic E-state index is -3.97. The smallest absolute Gasteiger partial charge is 0.239 e. The number of carbonyl (C=O) groups excluding carboxylic acids is 1. The van der Waals surface area contributed by atoms with Gasteiger partial charge < -0.3 is 5.32 Å². The lowest BCUT2D eigenvalue weighted by molar-refractivity contribution is -0.113. The molecular weight excluding hydrogens is 348 g/mol. The maximum atomic E-state index is 13.6. The predicted molar refractivity (Wildman–Crippen MR) is 83.9 cm³/mol. The van der Waals surface area contributed by atoms with Gasteiger partial charge in [0.2, 0.25) is 5.91 Å². The van der Waals surface area contributed by atoms with Crippen molar-refractivity contribution in [1.82, 2.24) is 0 Å². The molecule has 0 saturated carbocycles. The first kappa shape index (κ1) is 17.4. The standard InChI is InChI=1S/C15H12ClF2NO3S/c16-11-4-3-6-12(17)10(11)8-23(21,22)9-15(20)19-14-7-2-1-5-13(14)18/h1-7H,8-9H2,(H,19,20). The monoisotopic (exact) mass is 359 g/mol. The van der Waals surface area contributed by atoms with Crippen LogP contribution in [0.4, 0.5) is 14.5 Å². The Balaban J connectivity index is 2.09. The third kappa shape index (κ3) is 4.74. The van der Waals surface area contributed by atoms with Crippen molar-refractivity contribution in [3.63, 3.8) is 0 Å². The Morgan fingerprint density at radius 3 is 2.35 bits per heavy atom. The van der Waals surface area contributed by atoms with Gasteiger partial charge in [0.05, 0.1) is 11.4 Å². The molecule has 0 aromatic heterocycles. The van der Waals surface area contributed by atoms with Gasteiger partial charge in [0.15, 0.2) is 9.84 Å². The molecule has 0 bridgehead atoms. The van der Waals surface area contributed by atoms with Gasteiger partial charge in [-0.3, -0.25) is 4.79 Å². The van der Waals surface area contributed by atoms with Crippen molar-refractivity contribution in [2.75, 3.05) is 11.1 Å². The molecule has 0 saturated heterocycles. The SMILES string of the molecule is O=C(CS(=O)(=O)Cc1c(F)cccc1Cl)Nc1ccccc1F. The predicted octanol–water partition coefficient (Wildman–Crippen LogP) is 3.17. The summed E-state index contributed by atoms with van der Waals surface area (Å²) in [6.45, 7) is 0. The zero-order valence-corrected chi connectivity index (χ0v) is 13.3. The van der Waals surface area contributed by atoms with Crippen LogP contribution in [0.3, 0.4) is 0 Å². The van der Waals surface area contributed by atoms with Crippen LogP contribution in [0.2, 0.25) is 5.02 Å². The van der Waals surface area contributed by atoms with Gasteiger partial charge in [-0.1, -0.05) is 29.8 Å². The molecule has 0 spiro atoms. The summed E-state index contributed by atoms with van der Waals surface area (Å²) in [4.78, 5) is 11.8. The molecule has 1 amide bonds. The Hall–Kier alpha value is -1.99. The summed E-state index contributed by atoms with van der Waals surface area (Å²) in [6, 6.07) is 9.13. The molecule has 0 fully saturated rings. The number of rotatable bonds is 5. The molecule has 8 heteroatoms. The van der Waals surface area contributed by atoms with Crippen molar-refractivity contribution in [1.29, 1.82) is 0 Å². The lowest BCUT2D eigenvalue weighted by Crippen LogP contribution is -2.24. The molecule has 2 aromatic rings. The Bertz CT molecular complexity index is 820. The van der Waals surface area contributed by atoms with Crippen molar-refractivity contribution in [3.8, 4) is 0 Å².